The predicted molar refractivity (Wildman–Crippen MR) is 61.2 cm³/mol. The lowest BCUT2D eigenvalue weighted by Gasteiger charge is -1.94. The van der Waals surface area contributed by atoms with E-state index in [0.29, 0.717) is 9.35 Å². The summed E-state index contributed by atoms with van der Waals surface area (Å²) in [7, 11) is 0. The molecule has 1 N–H and O–H groups in total. The van der Waals surface area contributed by atoms with Crippen molar-refractivity contribution in [1.82, 2.24) is 0 Å². The lowest BCUT2D eigenvalue weighted by molar-refractivity contribution is 0.0698. The van der Waals surface area contributed by atoms with Crippen molar-refractivity contribution in [2.24, 2.45) is 0 Å². The Morgan fingerprint density at radius 3 is 2.86 bits per heavy atom. The summed E-state index contributed by atoms with van der Waals surface area (Å²) in [5.41, 5.74) is 1.51. The van der Waals surface area contributed by atoms with Crippen LogP contribution < -0.4 is 0 Å². The van der Waals surface area contributed by atoms with Gasteiger partial charge in [-0.3, -0.25) is 0 Å². The van der Waals surface area contributed by atoms with Crippen LogP contribution in [0.3, 0.4) is 0 Å². The Hall–Kier alpha value is -0.870. The third kappa shape index (κ3) is 1.44. The van der Waals surface area contributed by atoms with Gasteiger partial charge in [0.25, 0.3) is 0 Å². The van der Waals surface area contributed by atoms with Gasteiger partial charge in [-0.2, -0.15) is 0 Å². The topological polar surface area (TPSA) is 37.3 Å². The van der Waals surface area contributed by atoms with Gasteiger partial charge >= 0.3 is 5.97 Å². The highest BCUT2D eigenvalue weighted by atomic mass is 79.9. The van der Waals surface area contributed by atoms with Crippen LogP contribution in [0, 0.1) is 6.92 Å². The number of carboxylic acid groups (broad SMARTS) is 1. The summed E-state index contributed by atoms with van der Waals surface area (Å²) in [6, 6.07) is 5.78. The minimum atomic E-state index is -0.882. The van der Waals surface area contributed by atoms with Crippen molar-refractivity contribution in [3.05, 3.63) is 33.1 Å². The van der Waals surface area contributed by atoms with Crippen LogP contribution in [0.5, 0.6) is 0 Å². The number of carboxylic acids is 1. The molecule has 1 aromatic heterocycles. The van der Waals surface area contributed by atoms with Crippen molar-refractivity contribution in [1.29, 1.82) is 0 Å². The van der Waals surface area contributed by atoms with E-state index in [4.69, 9.17) is 5.11 Å². The quantitative estimate of drug-likeness (QED) is 0.859. The highest BCUT2D eigenvalue weighted by molar-refractivity contribution is 9.11. The van der Waals surface area contributed by atoms with Gasteiger partial charge in [0, 0.05) is 10.1 Å². The zero-order valence-corrected chi connectivity index (χ0v) is 9.78. The van der Waals surface area contributed by atoms with E-state index in [1.807, 2.05) is 25.1 Å². The number of aromatic carboxylic acids is 1. The SMILES string of the molecule is Cc1ccc2c(C(=O)O)c(Br)sc2c1. The normalized spacial score (nSPS) is 10.7. The van der Waals surface area contributed by atoms with Gasteiger partial charge in [-0.1, -0.05) is 12.1 Å². The van der Waals surface area contributed by atoms with E-state index < -0.39 is 5.97 Å². The molecule has 0 unspecified atom stereocenters. The molecule has 0 fully saturated rings. The summed E-state index contributed by atoms with van der Waals surface area (Å²) in [4.78, 5) is 11.0. The first kappa shape index (κ1) is 9.68. The maximum absolute atomic E-state index is 11.0. The molecule has 0 radical (unpaired) electrons. The third-order valence-corrected chi connectivity index (χ3v) is 3.84. The molecule has 4 heteroatoms. The first-order valence-electron chi connectivity index (χ1n) is 4.01. The number of thiophene rings is 1. The number of hydrogen-bond donors (Lipinski definition) is 1. The molecule has 2 aromatic rings. The molecule has 0 aliphatic heterocycles. The summed E-state index contributed by atoms with van der Waals surface area (Å²) in [6.45, 7) is 1.99. The number of rotatable bonds is 1. The first-order chi connectivity index (χ1) is 6.59. The summed E-state index contributed by atoms with van der Waals surface area (Å²) >= 11 is 4.73. The number of aryl methyl sites for hydroxylation is 1. The van der Waals surface area contributed by atoms with Crippen LogP contribution >= 0.6 is 27.3 Å². The number of carbonyl (C=O) groups is 1. The van der Waals surface area contributed by atoms with Crippen LogP contribution in [0.15, 0.2) is 22.0 Å². The smallest absolute Gasteiger partial charge is 0.338 e. The predicted octanol–water partition coefficient (Wildman–Crippen LogP) is 3.67. The highest BCUT2D eigenvalue weighted by Gasteiger charge is 2.15. The average Bonchev–Trinajstić information content (AvgIpc) is 2.39. The van der Waals surface area contributed by atoms with E-state index in [1.165, 1.54) is 11.3 Å². The Labute approximate surface area is 93.3 Å². The number of fused-ring (bicyclic) bond motifs is 1. The monoisotopic (exact) mass is 270 g/mol. The molecule has 0 amide bonds. The molecule has 0 saturated heterocycles. The largest absolute Gasteiger partial charge is 0.478 e. The van der Waals surface area contributed by atoms with Gasteiger partial charge in [0.1, 0.15) is 0 Å². The second kappa shape index (κ2) is 3.37. The number of benzene rings is 1. The second-order valence-electron chi connectivity index (χ2n) is 3.06. The van der Waals surface area contributed by atoms with E-state index in [2.05, 4.69) is 15.9 Å². The Morgan fingerprint density at radius 1 is 1.50 bits per heavy atom. The standard InChI is InChI=1S/C10H7BrO2S/c1-5-2-3-6-7(4-5)14-9(11)8(6)10(12)13/h2-4H,1H3,(H,12,13). The second-order valence-corrected chi connectivity index (χ2v) is 5.43. The fraction of sp³-hybridized carbons (Fsp3) is 0.100. The summed E-state index contributed by atoms with van der Waals surface area (Å²) in [5.74, 6) is -0.882. The molecule has 1 heterocycles. The van der Waals surface area contributed by atoms with Gasteiger partial charge in [0.2, 0.25) is 0 Å². The molecule has 2 nitrogen and oxygen atoms in total. The van der Waals surface area contributed by atoms with Gasteiger partial charge in [-0.15, -0.1) is 11.3 Å². The minimum absolute atomic E-state index is 0.366. The van der Waals surface area contributed by atoms with Crippen molar-refractivity contribution >= 4 is 43.3 Å². The minimum Gasteiger partial charge on any atom is -0.478 e. The number of halogens is 1. The van der Waals surface area contributed by atoms with Crippen molar-refractivity contribution in [3.63, 3.8) is 0 Å². The molecule has 0 aliphatic rings. The highest BCUT2D eigenvalue weighted by Crippen LogP contribution is 2.35. The van der Waals surface area contributed by atoms with Gasteiger partial charge in [-0.25, -0.2) is 4.79 Å². The summed E-state index contributed by atoms with van der Waals surface area (Å²) < 4.78 is 1.69. The zero-order valence-electron chi connectivity index (χ0n) is 7.37. The van der Waals surface area contributed by atoms with E-state index in [-0.39, 0.29) is 0 Å². The van der Waals surface area contributed by atoms with Crippen LogP contribution in [0.4, 0.5) is 0 Å². The van der Waals surface area contributed by atoms with Gasteiger partial charge < -0.3 is 5.11 Å². The van der Waals surface area contributed by atoms with Gasteiger partial charge in [-0.05, 0) is 34.5 Å². The Kier molecular flexibility index (Phi) is 2.33. The molecule has 0 spiro atoms. The molecule has 0 aliphatic carbocycles. The van der Waals surface area contributed by atoms with Crippen LogP contribution in [0.2, 0.25) is 0 Å². The Balaban J connectivity index is 2.84. The molecule has 0 saturated carbocycles. The summed E-state index contributed by atoms with van der Waals surface area (Å²) in [6.07, 6.45) is 0. The molecular weight excluding hydrogens is 264 g/mol. The van der Waals surface area contributed by atoms with Crippen molar-refractivity contribution in [2.45, 2.75) is 6.92 Å². The average molecular weight is 271 g/mol. The lowest BCUT2D eigenvalue weighted by Crippen LogP contribution is -1.94. The van der Waals surface area contributed by atoms with Crippen LogP contribution in [0.25, 0.3) is 10.1 Å². The third-order valence-electron chi connectivity index (χ3n) is 2.02. The Bertz CT molecular complexity index is 516. The van der Waals surface area contributed by atoms with E-state index in [1.54, 1.807) is 0 Å². The first-order valence-corrected chi connectivity index (χ1v) is 5.62. The zero-order chi connectivity index (χ0) is 10.3. The molecule has 14 heavy (non-hydrogen) atoms. The van der Waals surface area contributed by atoms with E-state index >= 15 is 0 Å². The molecule has 72 valence electrons. The van der Waals surface area contributed by atoms with Gasteiger partial charge in [0.05, 0.1) is 9.35 Å². The maximum Gasteiger partial charge on any atom is 0.338 e. The summed E-state index contributed by atoms with van der Waals surface area (Å²) in [5, 5.41) is 9.80. The molecular formula is C10H7BrO2S. The van der Waals surface area contributed by atoms with E-state index in [9.17, 15) is 4.79 Å². The molecule has 2 rings (SSSR count). The lowest BCUT2D eigenvalue weighted by atomic mass is 10.1. The molecule has 1 aromatic carbocycles. The van der Waals surface area contributed by atoms with Crippen LogP contribution in [0.1, 0.15) is 15.9 Å². The number of hydrogen-bond acceptors (Lipinski definition) is 2. The maximum atomic E-state index is 11.0. The fourth-order valence-electron chi connectivity index (χ4n) is 1.37. The van der Waals surface area contributed by atoms with Crippen molar-refractivity contribution in [2.75, 3.05) is 0 Å². The van der Waals surface area contributed by atoms with Crippen molar-refractivity contribution < 1.29 is 9.90 Å². The van der Waals surface area contributed by atoms with Gasteiger partial charge in [0.15, 0.2) is 0 Å². The van der Waals surface area contributed by atoms with Crippen LogP contribution in [-0.4, -0.2) is 11.1 Å². The van der Waals surface area contributed by atoms with Crippen molar-refractivity contribution in [3.8, 4) is 0 Å². The molecule has 0 atom stereocenters. The molecule has 0 bridgehead atoms. The fourth-order valence-corrected chi connectivity index (χ4v) is 3.30. The van der Waals surface area contributed by atoms with E-state index in [0.717, 1.165) is 15.6 Å². The van der Waals surface area contributed by atoms with Crippen LogP contribution in [-0.2, 0) is 0 Å². The Morgan fingerprint density at radius 2 is 2.21 bits per heavy atom.